The Morgan fingerprint density at radius 3 is 2.40 bits per heavy atom. The Hall–Kier alpha value is -1.07. The molecule has 0 spiro atoms. The minimum atomic E-state index is 0.589. The number of hydrogen-bond acceptors (Lipinski definition) is 5. The van der Waals surface area contributed by atoms with Gasteiger partial charge in [-0.25, -0.2) is 0 Å². The molecule has 1 unspecified atom stereocenters. The fourth-order valence-corrected chi connectivity index (χ4v) is 3.49. The van der Waals surface area contributed by atoms with Crippen LogP contribution in [0.2, 0.25) is 0 Å². The Morgan fingerprint density at radius 2 is 1.80 bits per heavy atom. The normalized spacial score (nSPS) is 18.6. The lowest BCUT2D eigenvalue weighted by Crippen LogP contribution is -2.33. The van der Waals surface area contributed by atoms with E-state index in [1.807, 2.05) is 23.9 Å². The summed E-state index contributed by atoms with van der Waals surface area (Å²) in [5.74, 6) is 4.75. The highest BCUT2D eigenvalue weighted by Crippen LogP contribution is 2.34. The van der Waals surface area contributed by atoms with E-state index >= 15 is 0 Å². The molecule has 1 fully saturated rings. The van der Waals surface area contributed by atoms with E-state index in [0.29, 0.717) is 11.8 Å². The molecule has 20 heavy (non-hydrogen) atoms. The van der Waals surface area contributed by atoms with E-state index in [4.69, 9.17) is 14.2 Å². The fraction of sp³-hybridized carbons (Fsp3) is 0.600. The summed E-state index contributed by atoms with van der Waals surface area (Å²) in [7, 11) is 4.97. The van der Waals surface area contributed by atoms with Crippen LogP contribution in [0.4, 0.5) is 0 Å². The van der Waals surface area contributed by atoms with Crippen LogP contribution in [0.15, 0.2) is 12.1 Å². The highest BCUT2D eigenvalue weighted by molar-refractivity contribution is 7.99. The molecule has 1 aliphatic rings. The summed E-state index contributed by atoms with van der Waals surface area (Å²) in [4.78, 5) is 0. The predicted octanol–water partition coefficient (Wildman–Crippen LogP) is 2.70. The highest BCUT2D eigenvalue weighted by Gasteiger charge is 2.16. The lowest BCUT2D eigenvalue weighted by molar-refractivity contribution is 0.346. The van der Waals surface area contributed by atoms with Crippen molar-refractivity contribution < 1.29 is 14.2 Å². The molecule has 1 aliphatic heterocycles. The maximum absolute atomic E-state index is 5.45. The second-order valence-corrected chi connectivity index (χ2v) is 5.96. The predicted molar refractivity (Wildman–Crippen MR) is 83.3 cm³/mol. The molecule has 1 saturated heterocycles. The van der Waals surface area contributed by atoms with E-state index in [9.17, 15) is 0 Å². The summed E-state index contributed by atoms with van der Waals surface area (Å²) >= 11 is 2.02. The third-order valence-electron chi connectivity index (χ3n) is 3.53. The van der Waals surface area contributed by atoms with Gasteiger partial charge in [-0.1, -0.05) is 0 Å². The van der Waals surface area contributed by atoms with Crippen LogP contribution in [-0.2, 0) is 6.54 Å². The van der Waals surface area contributed by atoms with Crippen molar-refractivity contribution in [3.8, 4) is 17.2 Å². The number of ether oxygens (including phenoxy) is 3. The van der Waals surface area contributed by atoms with Crippen molar-refractivity contribution in [2.24, 2.45) is 0 Å². The number of benzene rings is 1. The maximum Gasteiger partial charge on any atom is 0.164 e. The van der Waals surface area contributed by atoms with Crippen molar-refractivity contribution in [2.45, 2.75) is 25.4 Å². The van der Waals surface area contributed by atoms with Crippen LogP contribution >= 0.6 is 11.8 Å². The fourth-order valence-electron chi connectivity index (χ4n) is 2.39. The summed E-state index contributed by atoms with van der Waals surface area (Å²) in [6.07, 6.45) is 2.55. The monoisotopic (exact) mass is 297 g/mol. The van der Waals surface area contributed by atoms with Gasteiger partial charge < -0.3 is 19.5 Å². The Balaban J connectivity index is 2.08. The van der Waals surface area contributed by atoms with E-state index < -0.39 is 0 Å². The summed E-state index contributed by atoms with van der Waals surface area (Å²) in [5, 5.41) is 3.60. The van der Waals surface area contributed by atoms with E-state index in [2.05, 4.69) is 5.32 Å². The third kappa shape index (κ3) is 3.73. The smallest absolute Gasteiger partial charge is 0.164 e. The molecular weight excluding hydrogens is 274 g/mol. The van der Waals surface area contributed by atoms with Crippen molar-refractivity contribution in [3.05, 3.63) is 17.7 Å². The number of hydrogen-bond donors (Lipinski definition) is 1. The molecule has 0 saturated carbocycles. The second-order valence-electron chi connectivity index (χ2n) is 4.81. The van der Waals surface area contributed by atoms with E-state index in [0.717, 1.165) is 23.6 Å². The van der Waals surface area contributed by atoms with Crippen LogP contribution in [0.1, 0.15) is 18.4 Å². The van der Waals surface area contributed by atoms with Crippen molar-refractivity contribution >= 4 is 11.8 Å². The van der Waals surface area contributed by atoms with E-state index in [1.165, 1.54) is 24.3 Å². The van der Waals surface area contributed by atoms with Gasteiger partial charge in [-0.3, -0.25) is 0 Å². The minimum Gasteiger partial charge on any atom is -0.496 e. The molecule has 5 heteroatoms. The second kappa shape index (κ2) is 7.64. The van der Waals surface area contributed by atoms with Crippen molar-refractivity contribution in [1.82, 2.24) is 5.32 Å². The number of methoxy groups -OCH3 is 3. The van der Waals surface area contributed by atoms with E-state index in [-0.39, 0.29) is 0 Å². The SMILES string of the molecule is COc1cc(OC)c(OC)cc1CNC1CCCSC1. The number of rotatable bonds is 6. The van der Waals surface area contributed by atoms with Gasteiger partial charge in [-0.2, -0.15) is 11.8 Å². The molecule has 1 heterocycles. The lowest BCUT2D eigenvalue weighted by Gasteiger charge is -2.23. The Labute approximate surface area is 125 Å². The molecule has 2 rings (SSSR count). The van der Waals surface area contributed by atoms with Gasteiger partial charge >= 0.3 is 0 Å². The topological polar surface area (TPSA) is 39.7 Å². The van der Waals surface area contributed by atoms with Crippen LogP contribution in [0.3, 0.4) is 0 Å². The van der Waals surface area contributed by atoms with Crippen molar-refractivity contribution in [1.29, 1.82) is 0 Å². The lowest BCUT2D eigenvalue weighted by atomic mass is 10.1. The van der Waals surface area contributed by atoms with Crippen molar-refractivity contribution in [3.63, 3.8) is 0 Å². The van der Waals surface area contributed by atoms with Gasteiger partial charge in [0.15, 0.2) is 11.5 Å². The van der Waals surface area contributed by atoms with Crippen LogP contribution < -0.4 is 19.5 Å². The molecule has 0 aromatic heterocycles. The van der Waals surface area contributed by atoms with Gasteiger partial charge in [-0.15, -0.1) is 0 Å². The molecule has 0 radical (unpaired) electrons. The standard InChI is InChI=1S/C15H23NO3S/c1-17-13-8-15(19-3)14(18-2)7-11(13)9-16-12-5-4-6-20-10-12/h7-8,12,16H,4-6,9-10H2,1-3H3. The van der Waals surface area contributed by atoms with Crippen LogP contribution in [0.5, 0.6) is 17.2 Å². The zero-order valence-corrected chi connectivity index (χ0v) is 13.2. The first-order valence-electron chi connectivity index (χ1n) is 6.88. The molecular formula is C15H23NO3S. The molecule has 1 aromatic rings. The Morgan fingerprint density at radius 1 is 1.10 bits per heavy atom. The first-order valence-corrected chi connectivity index (χ1v) is 8.04. The van der Waals surface area contributed by atoms with E-state index in [1.54, 1.807) is 21.3 Å². The van der Waals surface area contributed by atoms with Crippen LogP contribution in [0.25, 0.3) is 0 Å². The summed E-state index contributed by atoms with van der Waals surface area (Å²) in [6, 6.07) is 4.46. The quantitative estimate of drug-likeness (QED) is 0.874. The van der Waals surface area contributed by atoms with Gasteiger partial charge in [0.25, 0.3) is 0 Å². The largest absolute Gasteiger partial charge is 0.496 e. The minimum absolute atomic E-state index is 0.589. The van der Waals surface area contributed by atoms with Gasteiger partial charge in [0.1, 0.15) is 5.75 Å². The molecule has 0 amide bonds. The highest BCUT2D eigenvalue weighted by atomic mass is 32.2. The van der Waals surface area contributed by atoms with Crippen LogP contribution in [-0.4, -0.2) is 38.9 Å². The first-order chi connectivity index (χ1) is 9.78. The molecule has 112 valence electrons. The summed E-state index contributed by atoms with van der Waals surface area (Å²) in [6.45, 7) is 0.786. The summed E-state index contributed by atoms with van der Waals surface area (Å²) in [5.41, 5.74) is 1.10. The average molecular weight is 297 g/mol. The van der Waals surface area contributed by atoms with Gasteiger partial charge in [-0.05, 0) is 24.7 Å². The maximum atomic E-state index is 5.45. The number of nitrogens with one attached hydrogen (secondary N) is 1. The van der Waals surface area contributed by atoms with Gasteiger partial charge in [0, 0.05) is 30.0 Å². The zero-order chi connectivity index (χ0) is 14.4. The first kappa shape index (κ1) is 15.3. The van der Waals surface area contributed by atoms with Crippen molar-refractivity contribution in [2.75, 3.05) is 32.8 Å². The molecule has 1 atom stereocenters. The molecule has 4 nitrogen and oxygen atoms in total. The molecule has 1 N–H and O–H groups in total. The number of thioether (sulfide) groups is 1. The summed E-state index contributed by atoms with van der Waals surface area (Å²) < 4.78 is 16.1. The van der Waals surface area contributed by atoms with Gasteiger partial charge in [0.2, 0.25) is 0 Å². The van der Waals surface area contributed by atoms with Crippen LogP contribution in [0, 0.1) is 0 Å². The third-order valence-corrected chi connectivity index (χ3v) is 4.74. The molecule has 0 aliphatic carbocycles. The zero-order valence-electron chi connectivity index (χ0n) is 12.4. The average Bonchev–Trinajstić information content (AvgIpc) is 2.52. The Kier molecular flexibility index (Phi) is 5.86. The molecule has 1 aromatic carbocycles. The molecule has 0 bridgehead atoms. The van der Waals surface area contributed by atoms with Gasteiger partial charge in [0.05, 0.1) is 21.3 Å². The Bertz CT molecular complexity index is 433.